The molecule has 3 fully saturated rings. The average Bonchev–Trinajstić information content (AvgIpc) is 3.38. The molecule has 1 heterocycles. The predicted octanol–water partition coefficient (Wildman–Crippen LogP) is 6.87. The molecule has 3 unspecified atom stereocenters. The second-order valence-electron chi connectivity index (χ2n) is 11.9. The molecule has 6 atom stereocenters. The topological polar surface area (TPSA) is 52.6 Å². The summed E-state index contributed by atoms with van der Waals surface area (Å²) in [6.07, 6.45) is 9.82. The number of hydrogen-bond acceptors (Lipinski definition) is 4. The lowest BCUT2D eigenvalue weighted by atomic mass is 9.50. The average molecular weight is 507 g/mol. The number of ketones is 1. The fourth-order valence-corrected chi connectivity index (χ4v) is 10.0. The van der Waals surface area contributed by atoms with Crippen LogP contribution < -0.4 is 5.30 Å². The summed E-state index contributed by atoms with van der Waals surface area (Å²) >= 11 is 0. The number of allylic oxidation sites excluding steroid dienone is 4. The first-order chi connectivity index (χ1) is 17.2. The van der Waals surface area contributed by atoms with Crippen LogP contribution in [0.4, 0.5) is 0 Å². The maximum absolute atomic E-state index is 13.1. The molecule has 1 aromatic rings. The summed E-state index contributed by atoms with van der Waals surface area (Å²) in [5, 5.41) is 0.777. The molecule has 5 heteroatoms. The van der Waals surface area contributed by atoms with E-state index < -0.39 is 7.37 Å². The van der Waals surface area contributed by atoms with Gasteiger partial charge in [-0.25, -0.2) is 0 Å². The number of ether oxygens (including phenoxy) is 1. The highest BCUT2D eigenvalue weighted by Crippen LogP contribution is 2.70. The molecule has 192 valence electrons. The summed E-state index contributed by atoms with van der Waals surface area (Å²) in [4.78, 5) is 12.3. The molecule has 1 aliphatic heterocycles. The third-order valence-corrected chi connectivity index (χ3v) is 12.3. The second kappa shape index (κ2) is 8.65. The Morgan fingerprint density at radius 1 is 1.14 bits per heavy atom. The third-order valence-electron chi connectivity index (χ3n) is 10.3. The van der Waals surface area contributed by atoms with Gasteiger partial charge in [-0.1, -0.05) is 31.2 Å². The molecular weight excluding hydrogens is 467 g/mol. The number of fused-ring (bicyclic) bond motifs is 5. The minimum Gasteiger partial charge on any atom is -0.370 e. The van der Waals surface area contributed by atoms with Crippen molar-refractivity contribution in [2.75, 3.05) is 19.9 Å². The largest absolute Gasteiger partial charge is 0.370 e. The molecule has 1 saturated heterocycles. The molecule has 0 amide bonds. The molecule has 2 saturated carbocycles. The highest BCUT2D eigenvalue weighted by Gasteiger charge is 2.65. The van der Waals surface area contributed by atoms with E-state index in [1.165, 1.54) is 28.7 Å². The molecule has 36 heavy (non-hydrogen) atoms. The van der Waals surface area contributed by atoms with Gasteiger partial charge in [0.25, 0.3) is 0 Å². The Morgan fingerprint density at radius 2 is 1.92 bits per heavy atom. The van der Waals surface area contributed by atoms with Crippen LogP contribution >= 0.6 is 7.37 Å². The zero-order valence-electron chi connectivity index (χ0n) is 22.0. The molecular formula is C31H39O4P. The summed E-state index contributed by atoms with van der Waals surface area (Å²) in [5.74, 6) is 1.65. The smallest absolute Gasteiger partial charge is 0.229 e. The number of carbonyl (C=O) groups excluding carboxylic acids is 1. The Labute approximate surface area is 215 Å². The van der Waals surface area contributed by atoms with Gasteiger partial charge in [-0.3, -0.25) is 9.36 Å². The Kier molecular flexibility index (Phi) is 5.91. The van der Waals surface area contributed by atoms with Crippen LogP contribution in [-0.2, 0) is 18.6 Å². The van der Waals surface area contributed by atoms with Crippen molar-refractivity contribution in [2.45, 2.75) is 76.7 Å². The Morgan fingerprint density at radius 3 is 2.61 bits per heavy atom. The molecule has 5 aliphatic rings. The standard InChI is InChI=1S/C31H39O4P/c1-5-35-36(4,33)24-10-6-21(7-11-24)27-19-30(3)28(14-16-31(30)20(2)15-17-34-31)26-12-8-22-18-23(32)9-13-25(22)29(26)27/h6-7,10-11,18,26-28H,2,5,8-9,12-17,19H2,1,3-4H3/t26?,27-,28?,30+,31-,36?/m1/s1. The van der Waals surface area contributed by atoms with Crippen molar-refractivity contribution >= 4 is 18.5 Å². The minimum atomic E-state index is -2.82. The fraction of sp³-hybridized carbons (Fsp3) is 0.581. The van der Waals surface area contributed by atoms with Gasteiger partial charge in [0.15, 0.2) is 5.78 Å². The highest BCUT2D eigenvalue weighted by atomic mass is 31.2. The molecule has 0 aromatic heterocycles. The van der Waals surface area contributed by atoms with Crippen LogP contribution in [0.15, 0.2) is 59.2 Å². The second-order valence-corrected chi connectivity index (χ2v) is 14.4. The molecule has 6 rings (SSSR count). The van der Waals surface area contributed by atoms with Crippen LogP contribution in [0, 0.1) is 17.3 Å². The van der Waals surface area contributed by atoms with Crippen LogP contribution in [0.3, 0.4) is 0 Å². The van der Waals surface area contributed by atoms with E-state index in [4.69, 9.17) is 9.26 Å². The SMILES string of the molecule is C=C1CCO[C@]12CCC1C3CCC4=CC(=O)CCC4=C3[C@@H](c3ccc(P(C)(=O)OCC)cc3)C[C@@]12C. The molecule has 0 N–H and O–H groups in total. The number of benzene rings is 1. The van der Waals surface area contributed by atoms with Gasteiger partial charge in [-0.15, -0.1) is 0 Å². The maximum atomic E-state index is 13.1. The lowest BCUT2D eigenvalue weighted by Crippen LogP contribution is -2.52. The van der Waals surface area contributed by atoms with Crippen LogP contribution in [0.5, 0.6) is 0 Å². The fourth-order valence-electron chi connectivity index (χ4n) is 8.72. The van der Waals surface area contributed by atoms with Gasteiger partial charge in [0.05, 0.1) is 18.8 Å². The number of rotatable bonds is 4. The lowest BCUT2D eigenvalue weighted by molar-refractivity contribution is -0.114. The van der Waals surface area contributed by atoms with Crippen LogP contribution in [-0.4, -0.2) is 31.3 Å². The summed E-state index contributed by atoms with van der Waals surface area (Å²) in [5.41, 5.74) is 6.73. The molecule has 0 bridgehead atoms. The number of carbonyl (C=O) groups is 1. The molecule has 1 aromatic carbocycles. The van der Waals surface area contributed by atoms with Crippen molar-refractivity contribution in [2.24, 2.45) is 17.3 Å². The third kappa shape index (κ3) is 3.47. The summed E-state index contributed by atoms with van der Waals surface area (Å²) in [6, 6.07) is 8.39. The Balaban J connectivity index is 1.48. The molecule has 4 nitrogen and oxygen atoms in total. The van der Waals surface area contributed by atoms with Gasteiger partial charge in [0, 0.05) is 29.7 Å². The quantitative estimate of drug-likeness (QED) is 0.330. The zero-order chi connectivity index (χ0) is 25.3. The van der Waals surface area contributed by atoms with Gasteiger partial charge in [-0.05, 0) is 104 Å². The van der Waals surface area contributed by atoms with Crippen molar-refractivity contribution in [1.82, 2.24) is 0 Å². The monoisotopic (exact) mass is 506 g/mol. The van der Waals surface area contributed by atoms with E-state index >= 15 is 0 Å². The lowest BCUT2D eigenvalue weighted by Gasteiger charge is -2.55. The van der Waals surface area contributed by atoms with Crippen molar-refractivity contribution in [3.63, 3.8) is 0 Å². The van der Waals surface area contributed by atoms with E-state index in [-0.39, 0.29) is 22.7 Å². The van der Waals surface area contributed by atoms with Gasteiger partial charge in [0.2, 0.25) is 7.37 Å². The first kappa shape index (κ1) is 24.6. The van der Waals surface area contributed by atoms with Crippen molar-refractivity contribution in [1.29, 1.82) is 0 Å². The van der Waals surface area contributed by atoms with Crippen molar-refractivity contribution < 1.29 is 18.6 Å². The first-order valence-corrected chi connectivity index (χ1v) is 15.9. The van der Waals surface area contributed by atoms with E-state index in [1.54, 1.807) is 12.2 Å². The Hall–Kier alpha value is -1.74. The van der Waals surface area contributed by atoms with E-state index in [2.05, 4.69) is 25.6 Å². The highest BCUT2D eigenvalue weighted by molar-refractivity contribution is 7.66. The van der Waals surface area contributed by atoms with Crippen molar-refractivity contribution in [3.05, 3.63) is 64.8 Å². The van der Waals surface area contributed by atoms with Crippen molar-refractivity contribution in [3.8, 4) is 0 Å². The van der Waals surface area contributed by atoms with Crippen LogP contribution in [0.25, 0.3) is 0 Å². The van der Waals surface area contributed by atoms with Gasteiger partial charge in [0.1, 0.15) is 0 Å². The normalized spacial score (nSPS) is 37.4. The summed E-state index contributed by atoms with van der Waals surface area (Å²) in [6.45, 7) is 11.8. The van der Waals surface area contributed by atoms with E-state index in [9.17, 15) is 9.36 Å². The summed E-state index contributed by atoms with van der Waals surface area (Å²) in [7, 11) is -2.82. The predicted molar refractivity (Wildman–Crippen MR) is 144 cm³/mol. The van der Waals surface area contributed by atoms with E-state index in [0.717, 1.165) is 50.4 Å². The molecule has 1 spiro atoms. The van der Waals surface area contributed by atoms with Gasteiger partial charge >= 0.3 is 0 Å². The van der Waals surface area contributed by atoms with E-state index in [1.807, 2.05) is 25.1 Å². The minimum absolute atomic E-state index is 0.0374. The van der Waals surface area contributed by atoms with Crippen LogP contribution in [0.1, 0.15) is 76.7 Å². The van der Waals surface area contributed by atoms with Crippen LogP contribution in [0.2, 0.25) is 0 Å². The maximum Gasteiger partial charge on any atom is 0.229 e. The molecule has 4 aliphatic carbocycles. The molecule has 0 radical (unpaired) electrons. The zero-order valence-corrected chi connectivity index (χ0v) is 22.9. The van der Waals surface area contributed by atoms with E-state index in [0.29, 0.717) is 24.9 Å². The number of hydrogen-bond donors (Lipinski definition) is 0. The first-order valence-electron chi connectivity index (χ1n) is 13.8. The van der Waals surface area contributed by atoms with Gasteiger partial charge < -0.3 is 9.26 Å². The Bertz CT molecular complexity index is 1220. The summed E-state index contributed by atoms with van der Waals surface area (Å²) < 4.78 is 25.3. The van der Waals surface area contributed by atoms with Gasteiger partial charge in [-0.2, -0.15) is 0 Å².